The molecule has 0 aromatic carbocycles. The van der Waals surface area contributed by atoms with Crippen molar-refractivity contribution in [2.24, 2.45) is 0 Å². The van der Waals surface area contributed by atoms with Gasteiger partial charge in [-0.25, -0.2) is 0 Å². The summed E-state index contributed by atoms with van der Waals surface area (Å²) in [6.07, 6.45) is 1.53. The van der Waals surface area contributed by atoms with Crippen molar-refractivity contribution in [3.8, 4) is 0 Å². The van der Waals surface area contributed by atoms with Crippen molar-refractivity contribution in [2.75, 3.05) is 0 Å². The molecule has 0 saturated carbocycles. The zero-order valence-corrected chi connectivity index (χ0v) is 11.6. The minimum absolute atomic E-state index is 0. The predicted molar refractivity (Wildman–Crippen MR) is 50.8 cm³/mol. The van der Waals surface area contributed by atoms with E-state index >= 15 is 0 Å². The molecule has 0 bridgehead atoms. The number of rotatable bonds is 3. The molecule has 4 nitrogen and oxygen atoms in total. The van der Waals surface area contributed by atoms with E-state index in [9.17, 15) is 9.90 Å². The molecule has 1 rings (SSSR count). The van der Waals surface area contributed by atoms with Gasteiger partial charge in [0.05, 0.1) is 11.3 Å². The molecule has 0 saturated heterocycles. The van der Waals surface area contributed by atoms with E-state index in [1.54, 1.807) is 11.6 Å². The Morgan fingerprint density at radius 2 is 2.13 bits per heavy atom. The summed E-state index contributed by atoms with van der Waals surface area (Å²) in [6.45, 7) is 6.28. The molecule has 0 N–H and O–H groups in total. The van der Waals surface area contributed by atoms with Crippen LogP contribution in [0.5, 0.6) is 0 Å². The third kappa shape index (κ3) is 2.93. The molecular formula is C10H13N2NaO2. The van der Waals surface area contributed by atoms with Crippen molar-refractivity contribution in [3.05, 3.63) is 29.3 Å². The number of ketones is 1. The molecule has 0 aliphatic rings. The van der Waals surface area contributed by atoms with E-state index < -0.39 is 0 Å². The van der Waals surface area contributed by atoms with Crippen molar-refractivity contribution in [1.82, 2.24) is 9.78 Å². The molecule has 0 unspecified atom stereocenters. The number of hydrogen-bond acceptors (Lipinski definition) is 3. The first-order valence-corrected chi connectivity index (χ1v) is 4.48. The molecule has 0 spiro atoms. The third-order valence-corrected chi connectivity index (χ3v) is 2.15. The first kappa shape index (κ1) is 14.4. The van der Waals surface area contributed by atoms with Crippen LogP contribution in [-0.2, 0) is 6.54 Å². The number of allylic oxidation sites excluding steroid dienone is 1. The average molecular weight is 216 g/mol. The SMILES string of the molecule is CCn1nc(C)c(C(=O)/C=C/[O-])c1C.[Na+]. The van der Waals surface area contributed by atoms with Crippen LogP contribution in [-0.4, -0.2) is 15.6 Å². The maximum Gasteiger partial charge on any atom is 1.00 e. The maximum absolute atomic E-state index is 11.5. The second-order valence-electron chi connectivity index (χ2n) is 3.03. The summed E-state index contributed by atoms with van der Waals surface area (Å²) in [5.41, 5.74) is 2.03. The van der Waals surface area contributed by atoms with E-state index in [1.807, 2.05) is 13.8 Å². The fourth-order valence-corrected chi connectivity index (χ4v) is 1.51. The molecule has 0 fully saturated rings. The van der Waals surface area contributed by atoms with Gasteiger partial charge in [0, 0.05) is 12.2 Å². The summed E-state index contributed by atoms with van der Waals surface area (Å²) in [5, 5.41) is 14.4. The smallest absolute Gasteiger partial charge is 0.878 e. The van der Waals surface area contributed by atoms with Gasteiger partial charge in [-0.2, -0.15) is 5.10 Å². The average Bonchev–Trinajstić information content (AvgIpc) is 2.41. The van der Waals surface area contributed by atoms with Gasteiger partial charge in [0.2, 0.25) is 0 Å². The van der Waals surface area contributed by atoms with Crippen LogP contribution in [0, 0.1) is 13.8 Å². The largest absolute Gasteiger partial charge is 1.00 e. The molecule has 76 valence electrons. The van der Waals surface area contributed by atoms with Gasteiger partial charge in [-0.15, -0.1) is 6.26 Å². The molecule has 0 aliphatic carbocycles. The quantitative estimate of drug-likeness (QED) is 0.244. The molecule has 0 atom stereocenters. The van der Waals surface area contributed by atoms with Gasteiger partial charge < -0.3 is 5.11 Å². The Hall–Kier alpha value is -0.580. The third-order valence-electron chi connectivity index (χ3n) is 2.15. The second-order valence-corrected chi connectivity index (χ2v) is 3.03. The van der Waals surface area contributed by atoms with Crippen molar-refractivity contribution < 1.29 is 39.5 Å². The predicted octanol–water partition coefficient (Wildman–Crippen LogP) is -2.42. The van der Waals surface area contributed by atoms with Gasteiger partial charge >= 0.3 is 29.6 Å². The molecule has 1 aromatic heterocycles. The van der Waals surface area contributed by atoms with Crippen molar-refractivity contribution in [2.45, 2.75) is 27.3 Å². The Morgan fingerprint density at radius 3 is 2.53 bits per heavy atom. The van der Waals surface area contributed by atoms with Gasteiger partial charge in [0.15, 0.2) is 5.78 Å². The van der Waals surface area contributed by atoms with E-state index in [2.05, 4.69) is 5.10 Å². The van der Waals surface area contributed by atoms with Crippen LogP contribution in [0.1, 0.15) is 28.7 Å². The summed E-state index contributed by atoms with van der Waals surface area (Å²) in [4.78, 5) is 11.5. The molecule has 0 amide bonds. The van der Waals surface area contributed by atoms with Crippen LogP contribution in [0.15, 0.2) is 12.3 Å². The topological polar surface area (TPSA) is 58.0 Å². The van der Waals surface area contributed by atoms with Crippen LogP contribution < -0.4 is 34.7 Å². The second kappa shape index (κ2) is 6.10. The zero-order chi connectivity index (χ0) is 10.7. The Morgan fingerprint density at radius 1 is 1.53 bits per heavy atom. The summed E-state index contributed by atoms with van der Waals surface area (Å²) in [7, 11) is 0. The van der Waals surface area contributed by atoms with E-state index in [0.717, 1.165) is 18.3 Å². The fourth-order valence-electron chi connectivity index (χ4n) is 1.51. The van der Waals surface area contributed by atoms with Gasteiger partial charge in [0.1, 0.15) is 0 Å². The number of hydrogen-bond donors (Lipinski definition) is 0. The minimum Gasteiger partial charge on any atom is -0.878 e. The van der Waals surface area contributed by atoms with E-state index in [-0.39, 0.29) is 35.3 Å². The van der Waals surface area contributed by atoms with Gasteiger partial charge in [-0.1, -0.05) is 0 Å². The molecular weight excluding hydrogens is 203 g/mol. The Labute approximate surface area is 111 Å². The zero-order valence-electron chi connectivity index (χ0n) is 9.57. The standard InChI is InChI=1S/C10H14N2O2.Na/c1-4-12-8(3)10(7(2)11-12)9(14)5-6-13;/h5-6,13H,4H2,1-3H3;/q;+1/p-1/b6-5+;. The molecule has 15 heavy (non-hydrogen) atoms. The number of aryl methyl sites for hydroxylation is 2. The Balaban J connectivity index is 0.00000196. The number of carbonyl (C=O) groups is 1. The van der Waals surface area contributed by atoms with Crippen LogP contribution in [0.4, 0.5) is 0 Å². The summed E-state index contributed by atoms with van der Waals surface area (Å²) in [6, 6.07) is 0. The normalized spacial score (nSPS) is 10.3. The Kier molecular flexibility index (Phi) is 5.87. The van der Waals surface area contributed by atoms with Crippen LogP contribution in [0.2, 0.25) is 0 Å². The van der Waals surface area contributed by atoms with Gasteiger partial charge in [0.25, 0.3) is 0 Å². The molecule has 5 heteroatoms. The summed E-state index contributed by atoms with van der Waals surface area (Å²) >= 11 is 0. The molecule has 0 aliphatic heterocycles. The number of nitrogens with zero attached hydrogens (tertiary/aromatic N) is 2. The van der Waals surface area contributed by atoms with Gasteiger partial charge in [-0.05, 0) is 26.8 Å². The molecule has 0 radical (unpaired) electrons. The maximum atomic E-state index is 11.5. The van der Waals surface area contributed by atoms with Gasteiger partial charge in [-0.3, -0.25) is 9.48 Å². The van der Waals surface area contributed by atoms with Crippen molar-refractivity contribution >= 4 is 5.78 Å². The van der Waals surface area contributed by atoms with E-state index in [1.165, 1.54) is 0 Å². The monoisotopic (exact) mass is 216 g/mol. The Bertz CT molecular complexity index is 383. The van der Waals surface area contributed by atoms with E-state index in [0.29, 0.717) is 17.5 Å². The van der Waals surface area contributed by atoms with Crippen molar-refractivity contribution in [3.63, 3.8) is 0 Å². The van der Waals surface area contributed by atoms with Crippen LogP contribution in [0.25, 0.3) is 0 Å². The molecule has 1 aromatic rings. The minimum atomic E-state index is -0.269. The fraction of sp³-hybridized carbons (Fsp3) is 0.400. The number of aromatic nitrogens is 2. The first-order valence-electron chi connectivity index (χ1n) is 4.48. The number of carbonyl (C=O) groups excluding carboxylic acids is 1. The van der Waals surface area contributed by atoms with Crippen molar-refractivity contribution in [1.29, 1.82) is 0 Å². The van der Waals surface area contributed by atoms with E-state index in [4.69, 9.17) is 0 Å². The van der Waals surface area contributed by atoms with Crippen LogP contribution >= 0.6 is 0 Å². The van der Waals surface area contributed by atoms with Crippen LogP contribution in [0.3, 0.4) is 0 Å². The summed E-state index contributed by atoms with van der Waals surface area (Å²) < 4.78 is 1.75. The summed E-state index contributed by atoms with van der Waals surface area (Å²) in [5.74, 6) is -0.269. The first-order chi connectivity index (χ1) is 6.61. The molecule has 1 heterocycles.